The van der Waals surface area contributed by atoms with Gasteiger partial charge in [0.15, 0.2) is 6.10 Å². The molecule has 0 fully saturated rings. The predicted molar refractivity (Wildman–Crippen MR) is 142 cm³/mol. The molecule has 1 aromatic carbocycles. The van der Waals surface area contributed by atoms with Crippen molar-refractivity contribution in [2.45, 2.75) is 77.9 Å². The van der Waals surface area contributed by atoms with Gasteiger partial charge in [-0.25, -0.2) is 4.79 Å². The van der Waals surface area contributed by atoms with Crippen molar-refractivity contribution in [2.75, 3.05) is 5.32 Å². The second kappa shape index (κ2) is 13.0. The summed E-state index contributed by atoms with van der Waals surface area (Å²) in [6.07, 6.45) is -1.00. The summed E-state index contributed by atoms with van der Waals surface area (Å²) in [5, 5.41) is 26.4. The molecule has 0 aliphatic carbocycles. The highest BCUT2D eigenvalue weighted by molar-refractivity contribution is 5.94. The number of alkyl halides is 3. The van der Waals surface area contributed by atoms with Crippen LogP contribution >= 0.6 is 0 Å². The number of amides is 2. The second-order valence-corrected chi connectivity index (χ2v) is 10.6. The van der Waals surface area contributed by atoms with Crippen LogP contribution in [-0.4, -0.2) is 55.3 Å². The van der Waals surface area contributed by atoms with Crippen molar-refractivity contribution < 1.29 is 32.6 Å². The number of aromatic amines is 1. The number of nitrogens with one attached hydrogen (secondary N) is 3. The third kappa shape index (κ3) is 8.57. The number of alkyl carbamates (subject to hydrolysis) is 1. The Hall–Kier alpha value is -3.87. The molecule has 4 N–H and O–H groups in total. The Morgan fingerprint density at radius 1 is 1.12 bits per heavy atom. The standard InChI is InChI=1S/C27H35F3N6O4/c1-5-6-7-20(23(37)24(38)34-22-12-13-31-35-22)33-25(39)40-21(26(2,3)4)16-36-15-18(14-32-36)17-8-10-19(11-9-17)27(28,29)30/h8-15,20-21,23,37H,5-7,16H2,1-4H3,(H,33,39)(H2,31,34,35,38)/t20-,21+,23?/m0/s1. The van der Waals surface area contributed by atoms with E-state index in [2.05, 4.69) is 25.9 Å². The minimum absolute atomic E-state index is 0.167. The molecule has 3 rings (SSSR count). The molecule has 2 heterocycles. The van der Waals surface area contributed by atoms with Crippen molar-refractivity contribution >= 4 is 17.8 Å². The molecular formula is C27H35F3N6O4. The Morgan fingerprint density at radius 3 is 2.40 bits per heavy atom. The molecule has 2 amide bonds. The smallest absolute Gasteiger partial charge is 0.416 e. The lowest BCUT2D eigenvalue weighted by atomic mass is 9.89. The lowest BCUT2D eigenvalue weighted by Gasteiger charge is -2.31. The topological polar surface area (TPSA) is 134 Å². The molecule has 3 aromatic rings. The Labute approximate surface area is 230 Å². The van der Waals surface area contributed by atoms with E-state index >= 15 is 0 Å². The van der Waals surface area contributed by atoms with Gasteiger partial charge in [0.25, 0.3) is 5.91 Å². The van der Waals surface area contributed by atoms with Crippen LogP contribution in [0.5, 0.6) is 0 Å². The number of ether oxygens (including phenoxy) is 1. The van der Waals surface area contributed by atoms with Gasteiger partial charge in [0.1, 0.15) is 11.9 Å². The van der Waals surface area contributed by atoms with Crippen molar-refractivity contribution in [1.29, 1.82) is 0 Å². The Bertz CT molecular complexity index is 1240. The van der Waals surface area contributed by atoms with E-state index < -0.39 is 47.4 Å². The summed E-state index contributed by atoms with van der Waals surface area (Å²) in [4.78, 5) is 25.5. The molecule has 40 heavy (non-hydrogen) atoms. The molecule has 0 radical (unpaired) electrons. The monoisotopic (exact) mass is 564 g/mol. The lowest BCUT2D eigenvalue weighted by molar-refractivity contribution is -0.137. The molecule has 0 saturated heterocycles. The molecule has 0 aliphatic heterocycles. The fourth-order valence-electron chi connectivity index (χ4n) is 3.88. The number of anilines is 1. The normalized spacial score (nSPS) is 14.3. The third-order valence-corrected chi connectivity index (χ3v) is 6.33. The summed E-state index contributed by atoms with van der Waals surface area (Å²) in [5.41, 5.74) is -0.0897. The van der Waals surface area contributed by atoms with Crippen LogP contribution in [0, 0.1) is 5.41 Å². The predicted octanol–water partition coefficient (Wildman–Crippen LogP) is 4.99. The van der Waals surface area contributed by atoms with Crippen molar-refractivity contribution in [3.63, 3.8) is 0 Å². The van der Waals surface area contributed by atoms with Crippen LogP contribution in [0.1, 0.15) is 52.5 Å². The van der Waals surface area contributed by atoms with Gasteiger partial charge >= 0.3 is 12.3 Å². The molecule has 0 bridgehead atoms. The molecule has 0 saturated carbocycles. The van der Waals surface area contributed by atoms with E-state index in [-0.39, 0.29) is 6.54 Å². The highest BCUT2D eigenvalue weighted by atomic mass is 19.4. The quantitative estimate of drug-likeness (QED) is 0.259. The van der Waals surface area contributed by atoms with Crippen molar-refractivity contribution in [2.24, 2.45) is 5.41 Å². The zero-order chi connectivity index (χ0) is 29.5. The average Bonchev–Trinajstić information content (AvgIpc) is 3.57. The summed E-state index contributed by atoms with van der Waals surface area (Å²) in [6, 6.07) is 5.40. The first-order chi connectivity index (χ1) is 18.8. The van der Waals surface area contributed by atoms with Crippen LogP contribution in [0.3, 0.4) is 0 Å². The van der Waals surface area contributed by atoms with E-state index in [1.165, 1.54) is 30.6 Å². The maximum absolute atomic E-state index is 12.9. The van der Waals surface area contributed by atoms with Crippen LogP contribution < -0.4 is 10.6 Å². The van der Waals surface area contributed by atoms with Gasteiger partial charge in [0.2, 0.25) is 0 Å². The van der Waals surface area contributed by atoms with Gasteiger partial charge in [-0.3, -0.25) is 14.6 Å². The SMILES string of the molecule is CCCC[C@H](NC(=O)O[C@H](Cn1cc(-c2ccc(C(F)(F)F)cc2)cn1)C(C)(C)C)C(O)C(=O)Nc1ccn[nH]1. The zero-order valence-corrected chi connectivity index (χ0v) is 22.8. The number of halogens is 3. The highest BCUT2D eigenvalue weighted by Crippen LogP contribution is 2.31. The van der Waals surface area contributed by atoms with E-state index in [0.29, 0.717) is 29.8 Å². The minimum Gasteiger partial charge on any atom is -0.444 e. The molecule has 3 atom stereocenters. The number of aromatic nitrogens is 4. The first-order valence-electron chi connectivity index (χ1n) is 12.9. The van der Waals surface area contributed by atoms with Gasteiger partial charge in [-0.15, -0.1) is 0 Å². The second-order valence-electron chi connectivity index (χ2n) is 10.6. The van der Waals surface area contributed by atoms with E-state index in [0.717, 1.165) is 18.6 Å². The van der Waals surface area contributed by atoms with Crippen LogP contribution in [0.15, 0.2) is 48.9 Å². The number of aliphatic hydroxyl groups is 1. The van der Waals surface area contributed by atoms with E-state index in [9.17, 15) is 27.9 Å². The number of hydrogen-bond donors (Lipinski definition) is 4. The molecule has 10 nitrogen and oxygen atoms in total. The molecular weight excluding hydrogens is 529 g/mol. The van der Waals surface area contributed by atoms with E-state index in [4.69, 9.17) is 4.74 Å². The zero-order valence-electron chi connectivity index (χ0n) is 22.8. The van der Waals surface area contributed by atoms with E-state index in [1.807, 2.05) is 27.7 Å². The van der Waals surface area contributed by atoms with Crippen molar-refractivity contribution in [3.05, 3.63) is 54.5 Å². The molecule has 2 aromatic heterocycles. The number of benzene rings is 1. The lowest BCUT2D eigenvalue weighted by Crippen LogP contribution is -2.50. The number of unbranched alkanes of at least 4 members (excludes halogenated alkanes) is 1. The molecule has 13 heteroatoms. The molecule has 0 aliphatic rings. The Balaban J connectivity index is 1.67. The van der Waals surface area contributed by atoms with Crippen LogP contribution in [0.2, 0.25) is 0 Å². The average molecular weight is 565 g/mol. The number of H-pyrrole nitrogens is 1. The number of aliphatic hydroxyl groups excluding tert-OH is 1. The van der Waals surface area contributed by atoms with Crippen LogP contribution in [-0.2, 0) is 22.3 Å². The van der Waals surface area contributed by atoms with Gasteiger partial charge in [0.05, 0.1) is 30.5 Å². The van der Waals surface area contributed by atoms with Gasteiger partial charge in [-0.2, -0.15) is 23.4 Å². The minimum atomic E-state index is -4.42. The fourth-order valence-corrected chi connectivity index (χ4v) is 3.88. The largest absolute Gasteiger partial charge is 0.444 e. The van der Waals surface area contributed by atoms with Crippen molar-refractivity contribution in [1.82, 2.24) is 25.3 Å². The number of rotatable bonds is 11. The molecule has 0 spiro atoms. The highest BCUT2D eigenvalue weighted by Gasteiger charge is 2.33. The summed E-state index contributed by atoms with van der Waals surface area (Å²) in [6.45, 7) is 7.76. The van der Waals surface area contributed by atoms with Gasteiger partial charge in [-0.1, -0.05) is 52.7 Å². The number of hydrogen-bond acceptors (Lipinski definition) is 6. The number of carbonyl (C=O) groups excluding carboxylic acids is 2. The maximum Gasteiger partial charge on any atom is 0.416 e. The fraction of sp³-hybridized carbons (Fsp3) is 0.481. The van der Waals surface area contributed by atoms with E-state index in [1.54, 1.807) is 10.9 Å². The van der Waals surface area contributed by atoms with Crippen LogP contribution in [0.25, 0.3) is 11.1 Å². The van der Waals surface area contributed by atoms with Gasteiger partial charge < -0.3 is 20.5 Å². The summed E-state index contributed by atoms with van der Waals surface area (Å²) in [5.74, 6) is -0.395. The van der Waals surface area contributed by atoms with Gasteiger partial charge in [0, 0.05) is 23.2 Å². The first-order valence-corrected chi connectivity index (χ1v) is 12.9. The van der Waals surface area contributed by atoms with Crippen LogP contribution in [0.4, 0.5) is 23.8 Å². The maximum atomic E-state index is 12.9. The van der Waals surface area contributed by atoms with Crippen molar-refractivity contribution in [3.8, 4) is 11.1 Å². The summed E-state index contributed by atoms with van der Waals surface area (Å²) in [7, 11) is 0. The summed E-state index contributed by atoms with van der Waals surface area (Å²) < 4.78 is 45.9. The Morgan fingerprint density at radius 2 is 1.82 bits per heavy atom. The first kappa shape index (κ1) is 30.7. The number of nitrogens with zero attached hydrogens (tertiary/aromatic N) is 3. The molecule has 218 valence electrons. The third-order valence-electron chi connectivity index (χ3n) is 6.33. The number of carbonyl (C=O) groups is 2. The molecule has 1 unspecified atom stereocenters. The summed E-state index contributed by atoms with van der Waals surface area (Å²) >= 11 is 0. The van der Waals surface area contributed by atoms with Gasteiger partial charge in [-0.05, 0) is 24.1 Å². The Kier molecular flexibility index (Phi) is 9.96.